The molecule has 1 atom stereocenters. The summed E-state index contributed by atoms with van der Waals surface area (Å²) in [4.78, 5) is 0. The fraction of sp³-hybridized carbons (Fsp3) is 0.455. The van der Waals surface area contributed by atoms with Crippen LogP contribution in [0.4, 0.5) is 0 Å². The second-order valence-corrected chi connectivity index (χ2v) is 5.48. The van der Waals surface area contributed by atoms with Crippen molar-refractivity contribution in [3.05, 3.63) is 35.4 Å². The third-order valence-corrected chi connectivity index (χ3v) is 3.40. The van der Waals surface area contributed by atoms with Crippen LogP contribution in [0, 0.1) is 0 Å². The summed E-state index contributed by atoms with van der Waals surface area (Å²) in [6, 6.07) is 7.31. The SMILES string of the molecule is O=S(=O)(O)Cc1cccc(C2CCOC2)c1. The molecule has 1 saturated heterocycles. The van der Waals surface area contributed by atoms with Gasteiger partial charge in [0, 0.05) is 12.5 Å². The first-order valence-corrected chi connectivity index (χ1v) is 6.77. The Morgan fingerprint density at radius 1 is 1.44 bits per heavy atom. The van der Waals surface area contributed by atoms with E-state index in [0.29, 0.717) is 18.1 Å². The zero-order valence-corrected chi connectivity index (χ0v) is 9.61. The molecule has 0 bridgehead atoms. The van der Waals surface area contributed by atoms with Crippen molar-refractivity contribution in [2.75, 3.05) is 13.2 Å². The summed E-state index contributed by atoms with van der Waals surface area (Å²) in [6.07, 6.45) is 0.968. The van der Waals surface area contributed by atoms with Crippen molar-refractivity contribution in [1.82, 2.24) is 0 Å². The van der Waals surface area contributed by atoms with Crippen molar-refractivity contribution < 1.29 is 17.7 Å². The van der Waals surface area contributed by atoms with Gasteiger partial charge in [-0.25, -0.2) is 0 Å². The Balaban J connectivity index is 2.19. The molecule has 16 heavy (non-hydrogen) atoms. The number of rotatable bonds is 3. The summed E-state index contributed by atoms with van der Waals surface area (Å²) < 4.78 is 35.6. The molecule has 0 aliphatic carbocycles. The maximum atomic E-state index is 10.8. The minimum absolute atomic E-state index is 0.325. The molecule has 0 saturated carbocycles. The Bertz CT molecular complexity index is 461. The number of benzene rings is 1. The fourth-order valence-corrected chi connectivity index (χ4v) is 2.55. The summed E-state index contributed by atoms with van der Waals surface area (Å²) in [6.45, 7) is 1.45. The van der Waals surface area contributed by atoms with Crippen LogP contribution in [0.2, 0.25) is 0 Å². The standard InChI is InChI=1S/C11H14O4S/c12-16(13,14)8-9-2-1-3-10(6-9)11-4-5-15-7-11/h1-3,6,11H,4-5,7-8H2,(H,12,13,14). The van der Waals surface area contributed by atoms with Crippen LogP contribution in [0.15, 0.2) is 24.3 Å². The van der Waals surface area contributed by atoms with Gasteiger partial charge in [-0.3, -0.25) is 4.55 Å². The molecule has 1 N–H and O–H groups in total. The third kappa shape index (κ3) is 3.04. The van der Waals surface area contributed by atoms with E-state index in [9.17, 15) is 8.42 Å². The molecule has 5 heteroatoms. The van der Waals surface area contributed by atoms with Crippen molar-refractivity contribution in [2.24, 2.45) is 0 Å². The van der Waals surface area contributed by atoms with Crippen LogP contribution in [-0.4, -0.2) is 26.2 Å². The minimum Gasteiger partial charge on any atom is -0.381 e. The van der Waals surface area contributed by atoms with E-state index in [-0.39, 0.29) is 5.75 Å². The van der Waals surface area contributed by atoms with Crippen LogP contribution in [0.3, 0.4) is 0 Å². The van der Waals surface area contributed by atoms with Crippen LogP contribution >= 0.6 is 0 Å². The summed E-state index contributed by atoms with van der Waals surface area (Å²) in [7, 11) is -3.95. The van der Waals surface area contributed by atoms with Gasteiger partial charge in [0.2, 0.25) is 0 Å². The first-order chi connectivity index (χ1) is 7.54. The molecule has 1 aliphatic rings. The number of hydrogen-bond acceptors (Lipinski definition) is 3. The van der Waals surface area contributed by atoms with E-state index in [1.807, 2.05) is 18.2 Å². The highest BCUT2D eigenvalue weighted by atomic mass is 32.2. The molecule has 4 nitrogen and oxygen atoms in total. The van der Waals surface area contributed by atoms with Gasteiger partial charge >= 0.3 is 0 Å². The first-order valence-electron chi connectivity index (χ1n) is 5.16. The first kappa shape index (κ1) is 11.6. The largest absolute Gasteiger partial charge is 0.381 e. The van der Waals surface area contributed by atoms with Crippen molar-refractivity contribution in [1.29, 1.82) is 0 Å². The van der Waals surface area contributed by atoms with Crippen molar-refractivity contribution in [2.45, 2.75) is 18.1 Å². The molecule has 1 aliphatic heterocycles. The van der Waals surface area contributed by atoms with Gasteiger partial charge in [0.05, 0.1) is 6.61 Å². The average molecular weight is 242 g/mol. The lowest BCUT2D eigenvalue weighted by Crippen LogP contribution is -2.03. The van der Waals surface area contributed by atoms with Crippen LogP contribution in [0.5, 0.6) is 0 Å². The molecule has 1 fully saturated rings. The quantitative estimate of drug-likeness (QED) is 0.817. The molecule has 0 spiro atoms. The molecule has 1 heterocycles. The second-order valence-electron chi connectivity index (χ2n) is 4.03. The monoisotopic (exact) mass is 242 g/mol. The van der Waals surface area contributed by atoms with Gasteiger partial charge in [0.15, 0.2) is 0 Å². The zero-order valence-electron chi connectivity index (χ0n) is 8.80. The van der Waals surface area contributed by atoms with E-state index in [0.717, 1.165) is 18.6 Å². The van der Waals surface area contributed by atoms with E-state index < -0.39 is 10.1 Å². The lowest BCUT2D eigenvalue weighted by molar-refractivity contribution is 0.194. The molecule has 1 aromatic carbocycles. The number of hydrogen-bond donors (Lipinski definition) is 1. The molecular weight excluding hydrogens is 228 g/mol. The smallest absolute Gasteiger partial charge is 0.269 e. The Morgan fingerprint density at radius 2 is 2.25 bits per heavy atom. The van der Waals surface area contributed by atoms with Gasteiger partial charge in [0.25, 0.3) is 10.1 Å². The normalized spacial score (nSPS) is 21.2. The molecule has 1 aromatic rings. The predicted octanol–water partition coefficient (Wildman–Crippen LogP) is 1.58. The van der Waals surface area contributed by atoms with E-state index >= 15 is 0 Å². The lowest BCUT2D eigenvalue weighted by atomic mass is 9.97. The third-order valence-electron chi connectivity index (χ3n) is 2.70. The molecule has 0 radical (unpaired) electrons. The molecule has 88 valence electrons. The highest BCUT2D eigenvalue weighted by Gasteiger charge is 2.18. The highest BCUT2D eigenvalue weighted by Crippen LogP contribution is 2.25. The van der Waals surface area contributed by atoms with Crippen LogP contribution in [-0.2, 0) is 20.6 Å². The van der Waals surface area contributed by atoms with Crippen LogP contribution < -0.4 is 0 Å². The Labute approximate surface area is 95.0 Å². The van der Waals surface area contributed by atoms with Crippen molar-refractivity contribution in [3.8, 4) is 0 Å². The maximum absolute atomic E-state index is 10.8. The van der Waals surface area contributed by atoms with Crippen molar-refractivity contribution >= 4 is 10.1 Å². The fourth-order valence-electron chi connectivity index (χ4n) is 1.94. The molecular formula is C11H14O4S. The summed E-state index contributed by atoms with van der Waals surface area (Å²) in [5.74, 6) is 0.0235. The van der Waals surface area contributed by atoms with Gasteiger partial charge in [-0.2, -0.15) is 8.42 Å². The van der Waals surface area contributed by atoms with Crippen LogP contribution in [0.1, 0.15) is 23.5 Å². The van der Waals surface area contributed by atoms with E-state index in [4.69, 9.17) is 9.29 Å². The van der Waals surface area contributed by atoms with Gasteiger partial charge in [-0.15, -0.1) is 0 Å². The Morgan fingerprint density at radius 3 is 2.88 bits per heavy atom. The van der Waals surface area contributed by atoms with Crippen molar-refractivity contribution in [3.63, 3.8) is 0 Å². The average Bonchev–Trinajstić information content (AvgIpc) is 2.68. The summed E-state index contributed by atoms with van der Waals surface area (Å²) >= 11 is 0. The van der Waals surface area contributed by atoms with E-state index in [2.05, 4.69) is 0 Å². The van der Waals surface area contributed by atoms with Gasteiger partial charge in [-0.1, -0.05) is 24.3 Å². The van der Waals surface area contributed by atoms with Gasteiger partial charge < -0.3 is 4.74 Å². The summed E-state index contributed by atoms with van der Waals surface area (Å²) in [5.41, 5.74) is 1.70. The zero-order chi connectivity index (χ0) is 11.6. The Hall–Kier alpha value is -0.910. The molecule has 1 unspecified atom stereocenters. The molecule has 0 amide bonds. The van der Waals surface area contributed by atoms with Crippen LogP contribution in [0.25, 0.3) is 0 Å². The molecule has 0 aromatic heterocycles. The number of ether oxygens (including phenoxy) is 1. The predicted molar refractivity (Wildman–Crippen MR) is 59.9 cm³/mol. The topological polar surface area (TPSA) is 63.6 Å². The Kier molecular flexibility index (Phi) is 3.28. The molecule has 2 rings (SSSR count). The lowest BCUT2D eigenvalue weighted by Gasteiger charge is -2.09. The summed E-state index contributed by atoms with van der Waals surface area (Å²) in [5, 5.41) is 0. The van der Waals surface area contributed by atoms with E-state index in [1.54, 1.807) is 6.07 Å². The van der Waals surface area contributed by atoms with Gasteiger partial charge in [-0.05, 0) is 17.5 Å². The van der Waals surface area contributed by atoms with Gasteiger partial charge in [0.1, 0.15) is 5.75 Å². The maximum Gasteiger partial charge on any atom is 0.269 e. The van der Waals surface area contributed by atoms with E-state index in [1.165, 1.54) is 0 Å². The second kappa shape index (κ2) is 4.53. The highest BCUT2D eigenvalue weighted by molar-refractivity contribution is 7.85. The minimum atomic E-state index is -3.95.